The van der Waals surface area contributed by atoms with Gasteiger partial charge in [-0.15, -0.1) is 0 Å². The summed E-state index contributed by atoms with van der Waals surface area (Å²) in [5, 5.41) is 3.56. The molecule has 0 atom stereocenters. The molecule has 108 valence electrons. The third-order valence-electron chi connectivity index (χ3n) is 3.20. The van der Waals surface area contributed by atoms with Gasteiger partial charge in [-0.2, -0.15) is 0 Å². The minimum Gasteiger partial charge on any atom is -0.370 e. The fourth-order valence-electron chi connectivity index (χ4n) is 2.01. The quantitative estimate of drug-likeness (QED) is 0.814. The van der Waals surface area contributed by atoms with Crippen molar-refractivity contribution in [2.75, 3.05) is 18.0 Å². The van der Waals surface area contributed by atoms with Gasteiger partial charge in [0.1, 0.15) is 0 Å². The van der Waals surface area contributed by atoms with Gasteiger partial charge in [-0.05, 0) is 45.7 Å². The number of nitrogens with one attached hydrogen (secondary N) is 1. The summed E-state index contributed by atoms with van der Waals surface area (Å²) >= 11 is 0. The predicted molar refractivity (Wildman–Crippen MR) is 83.6 cm³/mol. The summed E-state index contributed by atoms with van der Waals surface area (Å²) < 4.78 is 0. The number of rotatable bonds is 7. The predicted octanol–water partition coefficient (Wildman–Crippen LogP) is 3.60. The zero-order chi connectivity index (χ0) is 14.3. The summed E-state index contributed by atoms with van der Waals surface area (Å²) in [4.78, 5) is 6.72. The van der Waals surface area contributed by atoms with Crippen molar-refractivity contribution >= 4 is 5.69 Å². The molecule has 0 fully saturated rings. The first-order chi connectivity index (χ1) is 8.98. The summed E-state index contributed by atoms with van der Waals surface area (Å²) in [5.74, 6) is 0. The van der Waals surface area contributed by atoms with Gasteiger partial charge in [0.15, 0.2) is 0 Å². The SMILES string of the molecule is CCCCN(CC)c1cnccc1CNC(C)(C)C. The first-order valence-electron chi connectivity index (χ1n) is 7.40. The van der Waals surface area contributed by atoms with Gasteiger partial charge in [0.05, 0.1) is 11.9 Å². The van der Waals surface area contributed by atoms with E-state index in [2.05, 4.69) is 55.9 Å². The third-order valence-corrected chi connectivity index (χ3v) is 3.20. The maximum atomic E-state index is 4.30. The highest BCUT2D eigenvalue weighted by molar-refractivity contribution is 5.51. The average molecular weight is 263 g/mol. The lowest BCUT2D eigenvalue weighted by atomic mass is 10.1. The van der Waals surface area contributed by atoms with E-state index in [4.69, 9.17) is 0 Å². The van der Waals surface area contributed by atoms with Crippen LogP contribution in [0.2, 0.25) is 0 Å². The number of hydrogen-bond acceptors (Lipinski definition) is 3. The molecule has 0 radical (unpaired) electrons. The Morgan fingerprint density at radius 2 is 2.00 bits per heavy atom. The Morgan fingerprint density at radius 3 is 2.58 bits per heavy atom. The lowest BCUT2D eigenvalue weighted by molar-refractivity contribution is 0.424. The maximum Gasteiger partial charge on any atom is 0.0598 e. The van der Waals surface area contributed by atoms with Crippen molar-refractivity contribution in [2.24, 2.45) is 0 Å². The van der Waals surface area contributed by atoms with Gasteiger partial charge < -0.3 is 10.2 Å². The van der Waals surface area contributed by atoms with Crippen molar-refractivity contribution in [3.8, 4) is 0 Å². The van der Waals surface area contributed by atoms with Gasteiger partial charge >= 0.3 is 0 Å². The second-order valence-electron chi connectivity index (χ2n) is 6.04. The fourth-order valence-corrected chi connectivity index (χ4v) is 2.01. The number of aromatic nitrogens is 1. The van der Waals surface area contributed by atoms with Crippen molar-refractivity contribution in [2.45, 2.75) is 59.5 Å². The minimum atomic E-state index is 0.140. The zero-order valence-electron chi connectivity index (χ0n) is 13.2. The molecule has 19 heavy (non-hydrogen) atoms. The van der Waals surface area contributed by atoms with Gasteiger partial charge in [0.2, 0.25) is 0 Å². The monoisotopic (exact) mass is 263 g/mol. The van der Waals surface area contributed by atoms with Crippen LogP contribution in [0.5, 0.6) is 0 Å². The Balaban J connectivity index is 2.81. The van der Waals surface area contributed by atoms with E-state index in [1.54, 1.807) is 0 Å². The molecule has 3 heteroatoms. The van der Waals surface area contributed by atoms with E-state index in [1.807, 2.05) is 12.4 Å². The molecule has 3 nitrogen and oxygen atoms in total. The molecular weight excluding hydrogens is 234 g/mol. The summed E-state index contributed by atoms with van der Waals surface area (Å²) in [5.41, 5.74) is 2.75. The van der Waals surface area contributed by atoms with Gasteiger partial charge in [-0.25, -0.2) is 0 Å². The van der Waals surface area contributed by atoms with Gasteiger partial charge in [-0.1, -0.05) is 13.3 Å². The van der Waals surface area contributed by atoms with Crippen molar-refractivity contribution in [1.82, 2.24) is 10.3 Å². The molecule has 1 heterocycles. The van der Waals surface area contributed by atoms with Crippen LogP contribution in [0.1, 0.15) is 53.0 Å². The Kier molecular flexibility index (Phi) is 6.29. The summed E-state index contributed by atoms with van der Waals surface area (Å²) in [6.07, 6.45) is 6.34. The van der Waals surface area contributed by atoms with Gasteiger partial charge in [0.25, 0.3) is 0 Å². The van der Waals surface area contributed by atoms with Crippen LogP contribution in [-0.2, 0) is 6.54 Å². The molecule has 0 aliphatic rings. The summed E-state index contributed by atoms with van der Waals surface area (Å²) in [6, 6.07) is 2.13. The number of pyridine rings is 1. The molecule has 0 saturated heterocycles. The van der Waals surface area contributed by atoms with E-state index in [9.17, 15) is 0 Å². The van der Waals surface area contributed by atoms with E-state index in [0.29, 0.717) is 0 Å². The number of nitrogens with zero attached hydrogens (tertiary/aromatic N) is 2. The van der Waals surface area contributed by atoms with E-state index in [0.717, 1.165) is 19.6 Å². The van der Waals surface area contributed by atoms with E-state index in [-0.39, 0.29) is 5.54 Å². The Labute approximate surface area is 118 Å². The van der Waals surface area contributed by atoms with Crippen LogP contribution in [0.25, 0.3) is 0 Å². The molecule has 1 rings (SSSR count). The molecule has 1 aromatic rings. The molecule has 0 unspecified atom stereocenters. The average Bonchev–Trinajstić information content (AvgIpc) is 2.37. The molecule has 1 N–H and O–H groups in total. The van der Waals surface area contributed by atoms with Crippen molar-refractivity contribution in [3.63, 3.8) is 0 Å². The largest absolute Gasteiger partial charge is 0.370 e. The first kappa shape index (κ1) is 16.0. The summed E-state index contributed by atoms with van der Waals surface area (Å²) in [6.45, 7) is 14.1. The Bertz CT molecular complexity index is 369. The Hall–Kier alpha value is -1.09. The zero-order valence-corrected chi connectivity index (χ0v) is 13.2. The molecule has 0 saturated carbocycles. The molecule has 0 spiro atoms. The molecule has 0 aliphatic carbocycles. The summed E-state index contributed by atoms with van der Waals surface area (Å²) in [7, 11) is 0. The van der Waals surface area contributed by atoms with Gasteiger partial charge in [-0.3, -0.25) is 4.98 Å². The van der Waals surface area contributed by atoms with E-state index in [1.165, 1.54) is 24.1 Å². The van der Waals surface area contributed by atoms with Gasteiger partial charge in [0, 0.05) is 31.4 Å². The van der Waals surface area contributed by atoms with Crippen molar-refractivity contribution in [3.05, 3.63) is 24.0 Å². The van der Waals surface area contributed by atoms with Crippen LogP contribution in [-0.4, -0.2) is 23.6 Å². The molecule has 0 aliphatic heterocycles. The normalized spacial score (nSPS) is 11.6. The van der Waals surface area contributed by atoms with Crippen LogP contribution >= 0.6 is 0 Å². The molecule has 1 aromatic heterocycles. The lowest BCUT2D eigenvalue weighted by Gasteiger charge is -2.27. The van der Waals surface area contributed by atoms with Crippen LogP contribution < -0.4 is 10.2 Å². The number of hydrogen-bond donors (Lipinski definition) is 1. The van der Waals surface area contributed by atoms with E-state index >= 15 is 0 Å². The van der Waals surface area contributed by atoms with Crippen molar-refractivity contribution < 1.29 is 0 Å². The molecular formula is C16H29N3. The minimum absolute atomic E-state index is 0.140. The molecule has 0 bridgehead atoms. The first-order valence-corrected chi connectivity index (χ1v) is 7.40. The highest BCUT2D eigenvalue weighted by atomic mass is 15.1. The fraction of sp³-hybridized carbons (Fsp3) is 0.688. The third kappa shape index (κ3) is 5.60. The topological polar surface area (TPSA) is 28.2 Å². The van der Waals surface area contributed by atoms with E-state index < -0.39 is 0 Å². The maximum absolute atomic E-state index is 4.30. The second-order valence-corrected chi connectivity index (χ2v) is 6.04. The lowest BCUT2D eigenvalue weighted by Crippen LogP contribution is -2.36. The number of anilines is 1. The standard InChI is InChI=1S/C16H29N3/c1-6-8-11-19(7-2)15-13-17-10-9-14(15)12-18-16(3,4)5/h9-10,13,18H,6-8,11-12H2,1-5H3. The molecule has 0 amide bonds. The van der Waals surface area contributed by atoms with Crippen LogP contribution in [0.15, 0.2) is 18.5 Å². The molecule has 0 aromatic carbocycles. The van der Waals surface area contributed by atoms with Crippen LogP contribution in [0.4, 0.5) is 5.69 Å². The van der Waals surface area contributed by atoms with Crippen LogP contribution in [0, 0.1) is 0 Å². The highest BCUT2D eigenvalue weighted by Crippen LogP contribution is 2.20. The highest BCUT2D eigenvalue weighted by Gasteiger charge is 2.13. The second kappa shape index (κ2) is 7.49. The Morgan fingerprint density at radius 1 is 1.26 bits per heavy atom. The van der Waals surface area contributed by atoms with Crippen LogP contribution in [0.3, 0.4) is 0 Å². The van der Waals surface area contributed by atoms with Crippen molar-refractivity contribution in [1.29, 1.82) is 0 Å². The smallest absolute Gasteiger partial charge is 0.0598 e. The number of unbranched alkanes of at least 4 members (excludes halogenated alkanes) is 1.